The number of hydrogen-bond donors (Lipinski definition) is 2. The van der Waals surface area contributed by atoms with Gasteiger partial charge in [0.25, 0.3) is 0 Å². The number of nitrogens with two attached hydrogens (primary N) is 1. The van der Waals surface area contributed by atoms with E-state index in [0.29, 0.717) is 24.7 Å². The predicted octanol–water partition coefficient (Wildman–Crippen LogP) is 1.64. The first-order valence-electron chi connectivity index (χ1n) is 7.08. The van der Waals surface area contributed by atoms with Crippen LogP contribution < -0.4 is 16.0 Å². The molecule has 0 unspecified atom stereocenters. The fourth-order valence-electron chi connectivity index (χ4n) is 2.73. The lowest BCUT2D eigenvalue weighted by Crippen LogP contribution is -2.39. The molecule has 1 fully saturated rings. The third-order valence-electron chi connectivity index (χ3n) is 3.86. The van der Waals surface area contributed by atoms with Crippen molar-refractivity contribution in [1.82, 2.24) is 5.32 Å². The number of halogens is 1. The van der Waals surface area contributed by atoms with Crippen LogP contribution in [0.15, 0.2) is 18.2 Å². The number of carbonyl (C=O) groups excluding carboxylic acids is 1. The Bertz CT molecular complexity index is 470. The van der Waals surface area contributed by atoms with Crippen molar-refractivity contribution in [3.05, 3.63) is 29.6 Å². The lowest BCUT2D eigenvalue weighted by molar-refractivity contribution is -0.119. The van der Waals surface area contributed by atoms with Crippen LogP contribution >= 0.6 is 0 Å². The zero-order valence-electron chi connectivity index (χ0n) is 11.9. The highest BCUT2D eigenvalue weighted by molar-refractivity contribution is 5.72. The lowest BCUT2D eigenvalue weighted by atomic mass is 9.95. The number of benzene rings is 1. The van der Waals surface area contributed by atoms with Crippen molar-refractivity contribution in [1.29, 1.82) is 0 Å². The van der Waals surface area contributed by atoms with E-state index in [0.717, 1.165) is 31.5 Å². The molecule has 1 saturated heterocycles. The minimum atomic E-state index is -0.201. The summed E-state index contributed by atoms with van der Waals surface area (Å²) in [6, 6.07) is 5.06. The maximum Gasteiger partial charge on any atom is 0.216 e. The monoisotopic (exact) mass is 279 g/mol. The third-order valence-corrected chi connectivity index (χ3v) is 3.86. The maximum atomic E-state index is 14.0. The first-order valence-corrected chi connectivity index (χ1v) is 7.08. The second-order valence-corrected chi connectivity index (χ2v) is 5.32. The van der Waals surface area contributed by atoms with E-state index in [1.165, 1.54) is 13.0 Å². The largest absolute Gasteiger partial charge is 0.369 e. The Hall–Kier alpha value is -1.62. The second-order valence-electron chi connectivity index (χ2n) is 5.32. The maximum absolute atomic E-state index is 14.0. The zero-order valence-corrected chi connectivity index (χ0v) is 11.9. The molecule has 2 rings (SSSR count). The summed E-state index contributed by atoms with van der Waals surface area (Å²) >= 11 is 0. The van der Waals surface area contributed by atoms with Crippen molar-refractivity contribution in [2.75, 3.05) is 24.5 Å². The van der Waals surface area contributed by atoms with Gasteiger partial charge in [0.1, 0.15) is 5.82 Å². The van der Waals surface area contributed by atoms with Crippen molar-refractivity contribution in [2.24, 2.45) is 11.7 Å². The van der Waals surface area contributed by atoms with Gasteiger partial charge in [0.2, 0.25) is 5.91 Å². The van der Waals surface area contributed by atoms with Crippen molar-refractivity contribution >= 4 is 11.6 Å². The third kappa shape index (κ3) is 3.48. The van der Waals surface area contributed by atoms with Crippen LogP contribution in [0.2, 0.25) is 0 Å². The van der Waals surface area contributed by atoms with Gasteiger partial charge in [0, 0.05) is 33.1 Å². The number of carbonyl (C=O) groups is 1. The molecule has 1 aliphatic rings. The summed E-state index contributed by atoms with van der Waals surface area (Å²) in [7, 11) is 0. The molecule has 0 saturated carbocycles. The van der Waals surface area contributed by atoms with E-state index in [1.54, 1.807) is 6.07 Å². The van der Waals surface area contributed by atoms with Crippen molar-refractivity contribution < 1.29 is 9.18 Å². The molecule has 1 heterocycles. The van der Waals surface area contributed by atoms with Gasteiger partial charge in [0.15, 0.2) is 0 Å². The highest BCUT2D eigenvalue weighted by Crippen LogP contribution is 2.28. The summed E-state index contributed by atoms with van der Waals surface area (Å²) in [5, 5.41) is 2.85. The first-order chi connectivity index (χ1) is 9.61. The summed E-state index contributed by atoms with van der Waals surface area (Å²) in [5.41, 5.74) is 7.19. The molecular formula is C15H22FN3O. The Morgan fingerprint density at radius 2 is 2.15 bits per heavy atom. The number of piperidine rings is 1. The van der Waals surface area contributed by atoms with Gasteiger partial charge in [-0.3, -0.25) is 4.79 Å². The van der Waals surface area contributed by atoms with Crippen LogP contribution in [0.25, 0.3) is 0 Å². The molecule has 3 N–H and O–H groups in total. The number of rotatable bonds is 4. The molecule has 5 heteroatoms. The molecule has 0 radical (unpaired) electrons. The van der Waals surface area contributed by atoms with Crippen molar-refractivity contribution in [3.63, 3.8) is 0 Å². The number of anilines is 1. The van der Waals surface area contributed by atoms with Crippen LogP contribution in [-0.4, -0.2) is 25.5 Å². The Labute approximate surface area is 119 Å². The first kappa shape index (κ1) is 14.8. The van der Waals surface area contributed by atoms with Crippen molar-refractivity contribution in [2.45, 2.75) is 26.3 Å². The zero-order chi connectivity index (χ0) is 14.5. The predicted molar refractivity (Wildman–Crippen MR) is 77.9 cm³/mol. The van der Waals surface area contributed by atoms with E-state index in [2.05, 4.69) is 10.2 Å². The van der Waals surface area contributed by atoms with Crippen LogP contribution in [0.1, 0.15) is 25.3 Å². The van der Waals surface area contributed by atoms with Gasteiger partial charge < -0.3 is 16.0 Å². The van der Waals surface area contributed by atoms with Gasteiger partial charge >= 0.3 is 0 Å². The van der Waals surface area contributed by atoms with E-state index in [9.17, 15) is 9.18 Å². The topological polar surface area (TPSA) is 58.4 Å². The number of amides is 1. The van der Waals surface area contributed by atoms with Crippen LogP contribution in [0.4, 0.5) is 10.1 Å². The number of nitrogens with one attached hydrogen (secondary N) is 1. The highest BCUT2D eigenvalue weighted by atomic mass is 19.1. The minimum absolute atomic E-state index is 0.00644. The molecule has 20 heavy (non-hydrogen) atoms. The van der Waals surface area contributed by atoms with E-state index < -0.39 is 0 Å². The van der Waals surface area contributed by atoms with Gasteiger partial charge in [-0.2, -0.15) is 0 Å². The average Bonchev–Trinajstić information content (AvgIpc) is 2.45. The Morgan fingerprint density at radius 1 is 1.45 bits per heavy atom. The summed E-state index contributed by atoms with van der Waals surface area (Å²) in [5.74, 6) is 0.281. The molecule has 1 aromatic rings. The number of hydrogen-bond acceptors (Lipinski definition) is 3. The van der Waals surface area contributed by atoms with E-state index in [-0.39, 0.29) is 11.7 Å². The standard InChI is InChI=1S/C15H22FN3O/c1-11(20)18-10-12-5-7-19(8-6-12)15-13(9-17)3-2-4-14(15)16/h2-4,12H,5-10,17H2,1H3,(H,18,20). The molecular weight excluding hydrogens is 257 g/mol. The molecule has 0 bridgehead atoms. The Kier molecular flexibility index (Phi) is 4.95. The molecule has 0 aliphatic carbocycles. The normalized spacial score (nSPS) is 16.2. The fourth-order valence-corrected chi connectivity index (χ4v) is 2.73. The number of nitrogens with zero attached hydrogens (tertiary/aromatic N) is 1. The lowest BCUT2D eigenvalue weighted by Gasteiger charge is -2.35. The summed E-state index contributed by atoms with van der Waals surface area (Å²) < 4.78 is 14.0. The molecule has 1 aliphatic heterocycles. The molecule has 1 amide bonds. The molecule has 0 aromatic heterocycles. The molecule has 0 atom stereocenters. The van der Waals surface area contributed by atoms with Gasteiger partial charge in [-0.15, -0.1) is 0 Å². The van der Waals surface area contributed by atoms with Crippen molar-refractivity contribution in [3.8, 4) is 0 Å². The van der Waals surface area contributed by atoms with Crippen LogP contribution in [0, 0.1) is 11.7 Å². The Morgan fingerprint density at radius 3 is 2.75 bits per heavy atom. The molecule has 4 nitrogen and oxygen atoms in total. The minimum Gasteiger partial charge on any atom is -0.369 e. The summed E-state index contributed by atoms with van der Waals surface area (Å²) in [6.45, 7) is 4.20. The van der Waals surface area contributed by atoms with Gasteiger partial charge in [-0.1, -0.05) is 12.1 Å². The molecule has 0 spiro atoms. The van der Waals surface area contributed by atoms with E-state index in [4.69, 9.17) is 5.73 Å². The second kappa shape index (κ2) is 6.70. The molecule has 110 valence electrons. The van der Waals surface area contributed by atoms with E-state index >= 15 is 0 Å². The van der Waals surface area contributed by atoms with Crippen LogP contribution in [-0.2, 0) is 11.3 Å². The quantitative estimate of drug-likeness (QED) is 0.881. The van der Waals surface area contributed by atoms with Gasteiger partial charge in [-0.05, 0) is 30.4 Å². The number of para-hydroxylation sites is 1. The van der Waals surface area contributed by atoms with E-state index in [1.807, 2.05) is 6.07 Å². The van der Waals surface area contributed by atoms with Gasteiger partial charge in [-0.25, -0.2) is 4.39 Å². The smallest absolute Gasteiger partial charge is 0.216 e. The molecule has 1 aromatic carbocycles. The summed E-state index contributed by atoms with van der Waals surface area (Å²) in [4.78, 5) is 13.0. The van der Waals surface area contributed by atoms with Crippen LogP contribution in [0.5, 0.6) is 0 Å². The summed E-state index contributed by atoms with van der Waals surface area (Å²) in [6.07, 6.45) is 1.91. The fraction of sp³-hybridized carbons (Fsp3) is 0.533. The average molecular weight is 279 g/mol. The highest BCUT2D eigenvalue weighted by Gasteiger charge is 2.22. The SMILES string of the molecule is CC(=O)NCC1CCN(c2c(F)cccc2CN)CC1. The van der Waals surface area contributed by atoms with Crippen LogP contribution in [0.3, 0.4) is 0 Å². The van der Waals surface area contributed by atoms with Gasteiger partial charge in [0.05, 0.1) is 5.69 Å². The Balaban J connectivity index is 1.99.